The van der Waals surface area contributed by atoms with E-state index in [2.05, 4.69) is 0 Å². The highest BCUT2D eigenvalue weighted by Gasteiger charge is 2.47. The number of amides is 1. The molecule has 3 rings (SSSR count). The Balaban J connectivity index is 1.83. The Morgan fingerprint density at radius 3 is 2.71 bits per heavy atom. The summed E-state index contributed by atoms with van der Waals surface area (Å²) in [6.07, 6.45) is 2.05. The van der Waals surface area contributed by atoms with Gasteiger partial charge in [0.1, 0.15) is 11.9 Å². The molecule has 1 N–H and O–H groups in total. The normalized spacial score (nSPS) is 22.7. The maximum absolute atomic E-state index is 12.6. The van der Waals surface area contributed by atoms with Gasteiger partial charge in [-0.2, -0.15) is 0 Å². The van der Waals surface area contributed by atoms with Crippen molar-refractivity contribution in [3.8, 4) is 5.75 Å². The van der Waals surface area contributed by atoms with Crippen LogP contribution in [0, 0.1) is 5.41 Å². The number of aliphatic carboxylic acids is 1. The van der Waals surface area contributed by atoms with E-state index in [9.17, 15) is 14.7 Å². The molecule has 1 saturated carbocycles. The lowest BCUT2D eigenvalue weighted by molar-refractivity contribution is -0.157. The molecule has 0 radical (unpaired) electrons. The van der Waals surface area contributed by atoms with Crippen LogP contribution in [0.2, 0.25) is 0 Å². The van der Waals surface area contributed by atoms with Crippen LogP contribution < -0.4 is 9.64 Å². The molecule has 1 amide bonds. The Hall–Kier alpha value is -2.04. The largest absolute Gasteiger partial charge is 0.487 e. The smallest absolute Gasteiger partial charge is 0.310 e. The van der Waals surface area contributed by atoms with E-state index in [-0.39, 0.29) is 18.4 Å². The highest BCUT2D eigenvalue weighted by Crippen LogP contribution is 2.45. The minimum absolute atomic E-state index is 0.0728. The number of rotatable bonds is 3. The first kappa shape index (κ1) is 13.9. The van der Waals surface area contributed by atoms with Gasteiger partial charge in [-0.05, 0) is 31.9 Å². The van der Waals surface area contributed by atoms with Crippen LogP contribution in [-0.2, 0) is 9.59 Å². The number of carboxylic acid groups (broad SMARTS) is 1. The second-order valence-corrected chi connectivity index (χ2v) is 6.02. The standard InChI is InChI=1S/C16H19NO4/c1-11-10-17(12-5-2-3-6-13(12)21-11)14(18)9-16(15(19)20)7-4-8-16/h2-3,5-6,11H,4,7-10H2,1H3,(H,19,20). The third-order valence-corrected chi connectivity index (χ3v) is 4.48. The van der Waals surface area contributed by atoms with Gasteiger partial charge in [-0.3, -0.25) is 9.59 Å². The van der Waals surface area contributed by atoms with Crippen molar-refractivity contribution < 1.29 is 19.4 Å². The van der Waals surface area contributed by atoms with Gasteiger partial charge in [0, 0.05) is 6.42 Å². The van der Waals surface area contributed by atoms with Crippen molar-refractivity contribution in [3.63, 3.8) is 0 Å². The number of anilines is 1. The maximum atomic E-state index is 12.6. The van der Waals surface area contributed by atoms with Gasteiger partial charge < -0.3 is 14.7 Å². The third-order valence-electron chi connectivity index (χ3n) is 4.48. The highest BCUT2D eigenvalue weighted by molar-refractivity contribution is 5.98. The first-order valence-corrected chi connectivity index (χ1v) is 7.31. The second-order valence-electron chi connectivity index (χ2n) is 6.02. The number of nitrogens with zero attached hydrogens (tertiary/aromatic N) is 1. The van der Waals surface area contributed by atoms with Crippen molar-refractivity contribution in [1.29, 1.82) is 0 Å². The van der Waals surface area contributed by atoms with Gasteiger partial charge in [0.25, 0.3) is 0 Å². The highest BCUT2D eigenvalue weighted by atomic mass is 16.5. The summed E-state index contributed by atoms with van der Waals surface area (Å²) < 4.78 is 5.72. The molecular formula is C16H19NO4. The number of ether oxygens (including phenoxy) is 1. The molecule has 0 bridgehead atoms. The van der Waals surface area contributed by atoms with E-state index < -0.39 is 11.4 Å². The summed E-state index contributed by atoms with van der Waals surface area (Å²) in [7, 11) is 0. The van der Waals surface area contributed by atoms with Crippen LogP contribution in [-0.4, -0.2) is 29.6 Å². The molecule has 2 aliphatic rings. The number of carbonyl (C=O) groups is 2. The number of hydrogen-bond acceptors (Lipinski definition) is 3. The molecule has 1 fully saturated rings. The van der Waals surface area contributed by atoms with E-state index in [0.717, 1.165) is 12.1 Å². The number of benzene rings is 1. The van der Waals surface area contributed by atoms with E-state index in [4.69, 9.17) is 4.74 Å². The predicted octanol–water partition coefficient (Wildman–Crippen LogP) is 2.45. The lowest BCUT2D eigenvalue weighted by Crippen LogP contribution is -2.47. The number of carbonyl (C=O) groups excluding carboxylic acids is 1. The van der Waals surface area contributed by atoms with Gasteiger partial charge in [0.05, 0.1) is 17.6 Å². The number of fused-ring (bicyclic) bond motifs is 1. The summed E-state index contributed by atoms with van der Waals surface area (Å²) >= 11 is 0. The van der Waals surface area contributed by atoms with Crippen molar-refractivity contribution >= 4 is 17.6 Å². The molecule has 0 spiro atoms. The molecule has 1 unspecified atom stereocenters. The molecular weight excluding hydrogens is 270 g/mol. The fourth-order valence-corrected chi connectivity index (χ4v) is 3.08. The molecule has 5 nitrogen and oxygen atoms in total. The van der Waals surface area contributed by atoms with Crippen LogP contribution in [0.4, 0.5) is 5.69 Å². The van der Waals surface area contributed by atoms with Crippen molar-refractivity contribution in [2.75, 3.05) is 11.4 Å². The first-order valence-electron chi connectivity index (χ1n) is 7.31. The zero-order valence-electron chi connectivity index (χ0n) is 12.0. The monoisotopic (exact) mass is 289 g/mol. The summed E-state index contributed by atoms with van der Waals surface area (Å²) in [4.78, 5) is 25.7. The SMILES string of the molecule is CC1CN(C(=O)CC2(C(=O)O)CCC2)c2ccccc2O1. The molecule has 1 atom stereocenters. The van der Waals surface area contributed by atoms with Crippen LogP contribution in [0.3, 0.4) is 0 Å². The van der Waals surface area contributed by atoms with Crippen LogP contribution in [0.25, 0.3) is 0 Å². The molecule has 1 heterocycles. The van der Waals surface area contributed by atoms with Crippen LogP contribution >= 0.6 is 0 Å². The lowest BCUT2D eigenvalue weighted by atomic mass is 9.66. The molecule has 112 valence electrons. The molecule has 21 heavy (non-hydrogen) atoms. The van der Waals surface area contributed by atoms with Gasteiger partial charge >= 0.3 is 5.97 Å². The Bertz CT molecular complexity index is 579. The summed E-state index contributed by atoms with van der Waals surface area (Å²) in [5.41, 5.74) is -0.117. The minimum Gasteiger partial charge on any atom is -0.487 e. The molecule has 1 aliphatic carbocycles. The van der Waals surface area contributed by atoms with E-state index in [0.29, 0.717) is 25.1 Å². The molecule has 1 aliphatic heterocycles. The molecule has 5 heteroatoms. The first-order chi connectivity index (χ1) is 10.0. The van der Waals surface area contributed by atoms with Crippen molar-refractivity contribution in [3.05, 3.63) is 24.3 Å². The number of hydrogen-bond donors (Lipinski definition) is 1. The maximum Gasteiger partial charge on any atom is 0.310 e. The molecule has 1 aromatic rings. The van der Waals surface area contributed by atoms with Gasteiger partial charge in [0.2, 0.25) is 5.91 Å². The van der Waals surface area contributed by atoms with E-state index in [1.54, 1.807) is 4.90 Å². The van der Waals surface area contributed by atoms with Crippen molar-refractivity contribution in [1.82, 2.24) is 0 Å². The fourth-order valence-electron chi connectivity index (χ4n) is 3.08. The summed E-state index contributed by atoms with van der Waals surface area (Å²) in [5.74, 6) is -0.293. The van der Waals surface area contributed by atoms with E-state index in [1.807, 2.05) is 31.2 Å². The van der Waals surface area contributed by atoms with Gasteiger partial charge in [-0.25, -0.2) is 0 Å². The Morgan fingerprint density at radius 1 is 1.38 bits per heavy atom. The Morgan fingerprint density at radius 2 is 2.10 bits per heavy atom. The van der Waals surface area contributed by atoms with E-state index >= 15 is 0 Å². The van der Waals surface area contributed by atoms with Crippen LogP contribution in [0.1, 0.15) is 32.6 Å². The quantitative estimate of drug-likeness (QED) is 0.928. The van der Waals surface area contributed by atoms with Crippen LogP contribution in [0.5, 0.6) is 5.75 Å². The summed E-state index contributed by atoms with van der Waals surface area (Å²) in [6, 6.07) is 7.40. The number of para-hydroxylation sites is 2. The minimum atomic E-state index is -0.854. The zero-order chi connectivity index (χ0) is 15.0. The molecule has 0 aromatic heterocycles. The molecule has 0 saturated heterocycles. The predicted molar refractivity (Wildman–Crippen MR) is 77.4 cm³/mol. The fraction of sp³-hybridized carbons (Fsp3) is 0.500. The average Bonchev–Trinajstić information content (AvgIpc) is 2.41. The van der Waals surface area contributed by atoms with Crippen LogP contribution in [0.15, 0.2) is 24.3 Å². The number of carboxylic acids is 1. The third kappa shape index (κ3) is 2.37. The average molecular weight is 289 g/mol. The van der Waals surface area contributed by atoms with E-state index in [1.165, 1.54) is 0 Å². The van der Waals surface area contributed by atoms with Crippen molar-refractivity contribution in [2.24, 2.45) is 5.41 Å². The lowest BCUT2D eigenvalue weighted by Gasteiger charge is -2.40. The van der Waals surface area contributed by atoms with Gasteiger partial charge in [0.15, 0.2) is 0 Å². The molecule has 1 aromatic carbocycles. The van der Waals surface area contributed by atoms with Gasteiger partial charge in [-0.1, -0.05) is 18.6 Å². The topological polar surface area (TPSA) is 66.8 Å². The van der Waals surface area contributed by atoms with Crippen molar-refractivity contribution in [2.45, 2.75) is 38.7 Å². The Kier molecular flexibility index (Phi) is 3.35. The summed E-state index contributed by atoms with van der Waals surface area (Å²) in [6.45, 7) is 2.37. The van der Waals surface area contributed by atoms with Gasteiger partial charge in [-0.15, -0.1) is 0 Å². The second kappa shape index (κ2) is 5.06. The Labute approximate surface area is 123 Å². The zero-order valence-corrected chi connectivity index (χ0v) is 12.0. The summed E-state index contributed by atoms with van der Waals surface area (Å²) in [5, 5.41) is 9.38.